The summed E-state index contributed by atoms with van der Waals surface area (Å²) in [6, 6.07) is 0.825. The van der Waals surface area contributed by atoms with E-state index >= 15 is 0 Å². The molecule has 0 aromatic rings. The van der Waals surface area contributed by atoms with Gasteiger partial charge in [0.25, 0.3) is 0 Å². The van der Waals surface area contributed by atoms with Crippen molar-refractivity contribution in [1.82, 2.24) is 15.5 Å². The Kier molecular flexibility index (Phi) is 3.79. The summed E-state index contributed by atoms with van der Waals surface area (Å²) in [5.74, 6) is 0.891. The molecule has 82 valence electrons. The standard InChI is InChI=1S/C11H23N3/c1-12-7-10-4-6-14(9-10)11-3-2-5-13-8-11/h10-13H,2-9H2,1H3. The van der Waals surface area contributed by atoms with Gasteiger partial charge in [0, 0.05) is 19.1 Å². The topological polar surface area (TPSA) is 27.3 Å². The van der Waals surface area contributed by atoms with Crippen LogP contribution in [0.15, 0.2) is 0 Å². The molecule has 0 aliphatic carbocycles. The van der Waals surface area contributed by atoms with Crippen molar-refractivity contribution in [3.63, 3.8) is 0 Å². The Balaban J connectivity index is 1.76. The van der Waals surface area contributed by atoms with E-state index in [1.165, 1.54) is 52.0 Å². The monoisotopic (exact) mass is 197 g/mol. The Hall–Kier alpha value is -0.120. The molecule has 0 saturated carbocycles. The predicted octanol–water partition coefficient (Wildman–Crippen LogP) is 0.280. The fourth-order valence-electron chi connectivity index (χ4n) is 2.79. The molecule has 2 heterocycles. The highest BCUT2D eigenvalue weighted by molar-refractivity contribution is 4.85. The van der Waals surface area contributed by atoms with Crippen LogP contribution in [0.2, 0.25) is 0 Å². The van der Waals surface area contributed by atoms with Gasteiger partial charge in [0.1, 0.15) is 0 Å². The van der Waals surface area contributed by atoms with Crippen molar-refractivity contribution in [3.05, 3.63) is 0 Å². The molecule has 3 heteroatoms. The Morgan fingerprint density at radius 1 is 1.43 bits per heavy atom. The normalized spacial score (nSPS) is 34.9. The van der Waals surface area contributed by atoms with Gasteiger partial charge in [-0.25, -0.2) is 0 Å². The van der Waals surface area contributed by atoms with E-state index in [2.05, 4.69) is 22.6 Å². The van der Waals surface area contributed by atoms with Gasteiger partial charge in [0.15, 0.2) is 0 Å². The van der Waals surface area contributed by atoms with Gasteiger partial charge in [0.05, 0.1) is 0 Å². The van der Waals surface area contributed by atoms with E-state index in [1.54, 1.807) is 0 Å². The molecule has 3 nitrogen and oxygen atoms in total. The third-order valence-electron chi connectivity index (χ3n) is 3.60. The molecule has 0 bridgehead atoms. The Morgan fingerprint density at radius 2 is 2.36 bits per heavy atom. The SMILES string of the molecule is CNCC1CCN(C2CCCNC2)C1. The molecule has 0 spiro atoms. The molecule has 0 radical (unpaired) electrons. The fraction of sp³-hybridized carbons (Fsp3) is 1.00. The van der Waals surface area contributed by atoms with Crippen molar-refractivity contribution in [3.8, 4) is 0 Å². The zero-order valence-corrected chi connectivity index (χ0v) is 9.26. The van der Waals surface area contributed by atoms with E-state index in [0.717, 1.165) is 12.0 Å². The first-order valence-corrected chi connectivity index (χ1v) is 5.99. The minimum absolute atomic E-state index is 0.825. The van der Waals surface area contributed by atoms with Crippen LogP contribution in [-0.2, 0) is 0 Å². The van der Waals surface area contributed by atoms with Crippen LogP contribution in [-0.4, -0.2) is 50.7 Å². The summed E-state index contributed by atoms with van der Waals surface area (Å²) in [5, 5.41) is 6.79. The number of rotatable bonds is 3. The number of hydrogen-bond acceptors (Lipinski definition) is 3. The van der Waals surface area contributed by atoms with E-state index in [9.17, 15) is 0 Å². The Bertz CT molecular complexity index is 166. The molecule has 0 amide bonds. The van der Waals surface area contributed by atoms with Gasteiger partial charge in [-0.15, -0.1) is 0 Å². The van der Waals surface area contributed by atoms with Crippen molar-refractivity contribution in [2.24, 2.45) is 5.92 Å². The number of likely N-dealkylation sites (tertiary alicyclic amines) is 1. The second kappa shape index (κ2) is 5.10. The predicted molar refractivity (Wildman–Crippen MR) is 59.5 cm³/mol. The summed E-state index contributed by atoms with van der Waals surface area (Å²) in [5.41, 5.74) is 0. The highest BCUT2D eigenvalue weighted by Gasteiger charge is 2.28. The van der Waals surface area contributed by atoms with Gasteiger partial charge in [-0.3, -0.25) is 4.90 Å². The fourth-order valence-corrected chi connectivity index (χ4v) is 2.79. The second-order valence-corrected chi connectivity index (χ2v) is 4.71. The maximum Gasteiger partial charge on any atom is 0.0221 e. The largest absolute Gasteiger partial charge is 0.319 e. The average Bonchev–Trinajstić information content (AvgIpc) is 2.68. The van der Waals surface area contributed by atoms with E-state index in [-0.39, 0.29) is 0 Å². The zero-order chi connectivity index (χ0) is 9.80. The summed E-state index contributed by atoms with van der Waals surface area (Å²) in [6.45, 7) is 6.26. The van der Waals surface area contributed by atoms with E-state index < -0.39 is 0 Å². The van der Waals surface area contributed by atoms with Gasteiger partial charge in [0.2, 0.25) is 0 Å². The van der Waals surface area contributed by atoms with Crippen LogP contribution in [0.3, 0.4) is 0 Å². The van der Waals surface area contributed by atoms with E-state index in [0.29, 0.717) is 0 Å². The van der Waals surface area contributed by atoms with Gasteiger partial charge < -0.3 is 10.6 Å². The smallest absolute Gasteiger partial charge is 0.0221 e. The van der Waals surface area contributed by atoms with Gasteiger partial charge in [-0.1, -0.05) is 0 Å². The molecule has 2 aliphatic heterocycles. The first-order valence-electron chi connectivity index (χ1n) is 5.99. The van der Waals surface area contributed by atoms with Crippen LogP contribution >= 0.6 is 0 Å². The third-order valence-corrected chi connectivity index (χ3v) is 3.60. The zero-order valence-electron chi connectivity index (χ0n) is 9.26. The molecule has 2 aliphatic rings. The van der Waals surface area contributed by atoms with Crippen LogP contribution in [0.5, 0.6) is 0 Å². The van der Waals surface area contributed by atoms with E-state index in [4.69, 9.17) is 0 Å². The summed E-state index contributed by atoms with van der Waals surface area (Å²) in [7, 11) is 2.06. The molecule has 14 heavy (non-hydrogen) atoms. The first-order chi connectivity index (χ1) is 6.90. The van der Waals surface area contributed by atoms with Crippen molar-refractivity contribution in [2.45, 2.75) is 25.3 Å². The van der Waals surface area contributed by atoms with Crippen LogP contribution < -0.4 is 10.6 Å². The van der Waals surface area contributed by atoms with Crippen LogP contribution in [0.4, 0.5) is 0 Å². The maximum atomic E-state index is 3.50. The third kappa shape index (κ3) is 2.47. The number of piperidine rings is 1. The molecule has 2 fully saturated rings. The number of hydrogen-bond donors (Lipinski definition) is 2. The Morgan fingerprint density at radius 3 is 3.07 bits per heavy atom. The van der Waals surface area contributed by atoms with Crippen LogP contribution in [0.1, 0.15) is 19.3 Å². The minimum atomic E-state index is 0.825. The molecule has 2 N–H and O–H groups in total. The molecular formula is C11H23N3. The van der Waals surface area contributed by atoms with Gasteiger partial charge in [-0.2, -0.15) is 0 Å². The number of nitrogens with zero attached hydrogens (tertiary/aromatic N) is 1. The highest BCUT2D eigenvalue weighted by Crippen LogP contribution is 2.20. The summed E-state index contributed by atoms with van der Waals surface area (Å²) in [6.07, 6.45) is 4.15. The van der Waals surface area contributed by atoms with Crippen molar-refractivity contribution in [2.75, 3.05) is 39.8 Å². The minimum Gasteiger partial charge on any atom is -0.319 e. The van der Waals surface area contributed by atoms with Crippen molar-refractivity contribution >= 4 is 0 Å². The van der Waals surface area contributed by atoms with Crippen LogP contribution in [0.25, 0.3) is 0 Å². The number of nitrogens with one attached hydrogen (secondary N) is 2. The lowest BCUT2D eigenvalue weighted by Gasteiger charge is -2.31. The molecule has 0 aromatic carbocycles. The summed E-state index contributed by atoms with van der Waals surface area (Å²) < 4.78 is 0. The maximum absolute atomic E-state index is 3.50. The van der Waals surface area contributed by atoms with Gasteiger partial charge in [-0.05, 0) is 51.9 Å². The summed E-state index contributed by atoms with van der Waals surface area (Å²) >= 11 is 0. The lowest BCUT2D eigenvalue weighted by atomic mass is 10.1. The average molecular weight is 197 g/mol. The Labute approximate surface area is 87.2 Å². The lowest BCUT2D eigenvalue weighted by Crippen LogP contribution is -2.45. The molecular weight excluding hydrogens is 174 g/mol. The molecule has 2 saturated heterocycles. The van der Waals surface area contributed by atoms with Gasteiger partial charge >= 0.3 is 0 Å². The quantitative estimate of drug-likeness (QED) is 0.680. The second-order valence-electron chi connectivity index (χ2n) is 4.71. The molecule has 0 aromatic heterocycles. The van der Waals surface area contributed by atoms with Crippen molar-refractivity contribution < 1.29 is 0 Å². The molecule has 2 rings (SSSR count). The highest BCUT2D eigenvalue weighted by atomic mass is 15.2. The van der Waals surface area contributed by atoms with Crippen LogP contribution in [0, 0.1) is 5.92 Å². The first kappa shape index (κ1) is 10.4. The molecule has 2 unspecified atom stereocenters. The molecule has 2 atom stereocenters. The lowest BCUT2D eigenvalue weighted by molar-refractivity contribution is 0.196. The summed E-state index contributed by atoms with van der Waals surface area (Å²) in [4.78, 5) is 2.69. The van der Waals surface area contributed by atoms with Crippen molar-refractivity contribution in [1.29, 1.82) is 0 Å². The van der Waals surface area contributed by atoms with E-state index in [1.807, 2.05) is 0 Å².